The van der Waals surface area contributed by atoms with Crippen molar-refractivity contribution < 1.29 is 13.2 Å². The molecule has 2 aromatic carbocycles. The number of amides is 1. The number of halogens is 3. The molecule has 1 aromatic heterocycles. The van der Waals surface area contributed by atoms with Gasteiger partial charge in [-0.1, -0.05) is 58.3 Å². The predicted molar refractivity (Wildman–Crippen MR) is 128 cm³/mol. The highest BCUT2D eigenvalue weighted by Crippen LogP contribution is 2.30. The monoisotopic (exact) mass is 516 g/mol. The van der Waals surface area contributed by atoms with Crippen molar-refractivity contribution in [3.05, 3.63) is 63.1 Å². The smallest absolute Gasteiger partial charge is 0.238 e. The summed E-state index contributed by atoms with van der Waals surface area (Å²) < 4.78 is 27.1. The van der Waals surface area contributed by atoms with Gasteiger partial charge in [-0.05, 0) is 42.0 Å². The van der Waals surface area contributed by atoms with Crippen molar-refractivity contribution in [2.45, 2.75) is 6.92 Å². The Bertz CT molecular complexity index is 1240. The van der Waals surface area contributed by atoms with E-state index in [2.05, 4.69) is 20.2 Å². The van der Waals surface area contributed by atoms with Crippen molar-refractivity contribution >= 4 is 79.0 Å². The maximum atomic E-state index is 12.3. The molecular weight excluding hydrogens is 503 g/mol. The molecule has 0 radical (unpaired) electrons. The molecule has 0 aliphatic carbocycles. The Labute approximate surface area is 198 Å². The summed E-state index contributed by atoms with van der Waals surface area (Å²) in [6.07, 6.45) is 2.99. The Morgan fingerprint density at radius 3 is 2.42 bits per heavy atom. The van der Waals surface area contributed by atoms with E-state index in [1.807, 2.05) is 0 Å². The number of nitrogens with zero attached hydrogens (tertiary/aromatic N) is 2. The highest BCUT2D eigenvalue weighted by atomic mass is 35.5. The number of aromatic nitrogens is 2. The molecule has 12 heteroatoms. The van der Waals surface area contributed by atoms with Gasteiger partial charge in [0.15, 0.2) is 0 Å². The molecule has 0 saturated carbocycles. The number of hydrogen-bond acceptors (Lipinski definition) is 6. The van der Waals surface area contributed by atoms with E-state index in [1.54, 1.807) is 36.4 Å². The fourth-order valence-electron chi connectivity index (χ4n) is 2.42. The minimum absolute atomic E-state index is 0.141. The second-order valence-corrected chi connectivity index (χ2v) is 10.2. The summed E-state index contributed by atoms with van der Waals surface area (Å²) in [7, 11) is -3.70. The van der Waals surface area contributed by atoms with Gasteiger partial charge in [0.1, 0.15) is 5.01 Å². The van der Waals surface area contributed by atoms with Crippen LogP contribution in [0, 0.1) is 0 Å². The third-order valence-electron chi connectivity index (χ3n) is 3.77. The Kier molecular flexibility index (Phi) is 7.55. The van der Waals surface area contributed by atoms with Crippen LogP contribution in [0.5, 0.6) is 0 Å². The first-order valence-corrected chi connectivity index (χ1v) is 12.3. The lowest BCUT2D eigenvalue weighted by Crippen LogP contribution is -2.15. The van der Waals surface area contributed by atoms with E-state index in [4.69, 9.17) is 34.8 Å². The molecule has 0 fully saturated rings. The van der Waals surface area contributed by atoms with Crippen molar-refractivity contribution in [2.24, 2.45) is 0 Å². The molecule has 0 bridgehead atoms. The number of carbonyl (C=O) groups is 1. The van der Waals surface area contributed by atoms with Crippen LogP contribution in [0.4, 0.5) is 10.8 Å². The minimum Gasteiger partial charge on any atom is -0.326 e. The Morgan fingerprint density at radius 1 is 1.06 bits per heavy atom. The van der Waals surface area contributed by atoms with E-state index < -0.39 is 10.0 Å². The van der Waals surface area contributed by atoms with Crippen LogP contribution in [0.2, 0.25) is 15.1 Å². The van der Waals surface area contributed by atoms with Crippen LogP contribution < -0.4 is 10.0 Å². The van der Waals surface area contributed by atoms with Gasteiger partial charge in [0, 0.05) is 23.2 Å². The molecule has 3 aromatic rings. The van der Waals surface area contributed by atoms with E-state index in [0.717, 1.165) is 16.9 Å². The average Bonchev–Trinajstić information content (AvgIpc) is 3.13. The van der Waals surface area contributed by atoms with Gasteiger partial charge in [-0.15, -0.1) is 10.2 Å². The van der Waals surface area contributed by atoms with Crippen LogP contribution >= 0.6 is 46.1 Å². The second kappa shape index (κ2) is 9.97. The van der Waals surface area contributed by atoms with Gasteiger partial charge in [-0.3, -0.25) is 9.52 Å². The molecule has 2 N–H and O–H groups in total. The standard InChI is InChI=1S/C19H15Cl3N4O3S2/c1-11(27)23-14-6-4-12(5-7-14)18-24-25-19(30-18)26-31(28,29)8-2-3-13-9-16(21)17(22)10-15(13)20/h2-7,9-10H,8H2,1H3,(H,23,27)(H,25,26). The molecule has 0 spiro atoms. The highest BCUT2D eigenvalue weighted by molar-refractivity contribution is 7.93. The average molecular weight is 518 g/mol. The number of carbonyl (C=O) groups excluding carboxylic acids is 1. The fraction of sp³-hybridized carbons (Fsp3) is 0.105. The molecule has 0 aliphatic rings. The van der Waals surface area contributed by atoms with Crippen LogP contribution in [0.25, 0.3) is 16.6 Å². The van der Waals surface area contributed by atoms with Gasteiger partial charge >= 0.3 is 0 Å². The predicted octanol–water partition coefficient (Wildman–Crippen LogP) is 5.58. The van der Waals surface area contributed by atoms with Crippen molar-refractivity contribution in [2.75, 3.05) is 15.8 Å². The molecule has 1 amide bonds. The third kappa shape index (κ3) is 6.65. The summed E-state index contributed by atoms with van der Waals surface area (Å²) in [6.45, 7) is 1.42. The zero-order chi connectivity index (χ0) is 22.6. The minimum atomic E-state index is -3.70. The fourth-order valence-corrected chi connectivity index (χ4v) is 4.93. The van der Waals surface area contributed by atoms with Crippen LogP contribution in [0.1, 0.15) is 12.5 Å². The third-order valence-corrected chi connectivity index (χ3v) is 6.97. The highest BCUT2D eigenvalue weighted by Gasteiger charge is 2.14. The normalized spacial score (nSPS) is 11.6. The Balaban J connectivity index is 1.65. The largest absolute Gasteiger partial charge is 0.326 e. The first-order valence-electron chi connectivity index (χ1n) is 8.66. The molecule has 0 aliphatic heterocycles. The van der Waals surface area contributed by atoms with E-state index in [9.17, 15) is 13.2 Å². The molecule has 0 unspecified atom stereocenters. The van der Waals surface area contributed by atoms with Crippen molar-refractivity contribution in [3.63, 3.8) is 0 Å². The van der Waals surface area contributed by atoms with Crippen LogP contribution in [-0.4, -0.2) is 30.3 Å². The topological polar surface area (TPSA) is 101 Å². The first-order chi connectivity index (χ1) is 14.6. The molecule has 0 atom stereocenters. The molecule has 0 saturated heterocycles. The molecule has 1 heterocycles. The first kappa shape index (κ1) is 23.5. The zero-order valence-corrected chi connectivity index (χ0v) is 19.8. The second-order valence-electron chi connectivity index (χ2n) is 6.24. The van der Waals surface area contributed by atoms with Gasteiger partial charge in [0.05, 0.1) is 15.8 Å². The van der Waals surface area contributed by atoms with Gasteiger partial charge in [0.25, 0.3) is 0 Å². The maximum absolute atomic E-state index is 12.3. The van der Waals surface area contributed by atoms with E-state index >= 15 is 0 Å². The van der Waals surface area contributed by atoms with E-state index in [-0.39, 0.29) is 16.8 Å². The summed E-state index contributed by atoms with van der Waals surface area (Å²) in [4.78, 5) is 11.1. The van der Waals surface area contributed by atoms with Crippen molar-refractivity contribution in [3.8, 4) is 10.6 Å². The molecule has 3 rings (SSSR count). The van der Waals surface area contributed by atoms with E-state index in [0.29, 0.717) is 31.3 Å². The van der Waals surface area contributed by atoms with Gasteiger partial charge < -0.3 is 5.32 Å². The lowest BCUT2D eigenvalue weighted by atomic mass is 10.2. The SMILES string of the molecule is CC(=O)Nc1ccc(-c2nnc(NS(=O)(=O)CC=Cc3cc(Cl)c(Cl)cc3Cl)s2)cc1. The summed E-state index contributed by atoms with van der Waals surface area (Å²) in [5.74, 6) is -0.472. The maximum Gasteiger partial charge on any atom is 0.238 e. The molecule has 31 heavy (non-hydrogen) atoms. The lowest BCUT2D eigenvalue weighted by Gasteiger charge is -2.03. The quantitative estimate of drug-likeness (QED) is 0.399. The number of nitrogens with one attached hydrogen (secondary N) is 2. The Morgan fingerprint density at radius 2 is 1.74 bits per heavy atom. The number of sulfonamides is 1. The molecular formula is C19H15Cl3N4O3S2. The summed E-state index contributed by atoms with van der Waals surface area (Å²) in [5, 5.41) is 12.2. The van der Waals surface area contributed by atoms with Gasteiger partial charge in [-0.2, -0.15) is 0 Å². The van der Waals surface area contributed by atoms with Crippen molar-refractivity contribution in [1.82, 2.24) is 10.2 Å². The van der Waals surface area contributed by atoms with Crippen molar-refractivity contribution in [1.29, 1.82) is 0 Å². The number of hydrogen-bond donors (Lipinski definition) is 2. The van der Waals surface area contributed by atoms with E-state index in [1.165, 1.54) is 19.1 Å². The summed E-state index contributed by atoms with van der Waals surface area (Å²) in [6, 6.07) is 10.0. The Hall–Kier alpha value is -2.17. The van der Waals surface area contributed by atoms with Crippen LogP contribution in [0.15, 0.2) is 42.5 Å². The number of rotatable bonds is 7. The van der Waals surface area contributed by atoms with Gasteiger partial charge in [-0.25, -0.2) is 8.42 Å². The molecule has 7 nitrogen and oxygen atoms in total. The number of anilines is 2. The number of benzene rings is 2. The van der Waals surface area contributed by atoms with Crippen LogP contribution in [-0.2, 0) is 14.8 Å². The van der Waals surface area contributed by atoms with Crippen LogP contribution in [0.3, 0.4) is 0 Å². The zero-order valence-electron chi connectivity index (χ0n) is 15.9. The molecule has 162 valence electrons. The summed E-state index contributed by atoms with van der Waals surface area (Å²) in [5.41, 5.74) is 1.94. The van der Waals surface area contributed by atoms with Gasteiger partial charge in [0.2, 0.25) is 21.1 Å². The lowest BCUT2D eigenvalue weighted by molar-refractivity contribution is -0.114. The summed E-state index contributed by atoms with van der Waals surface area (Å²) >= 11 is 19.0.